The van der Waals surface area contributed by atoms with Gasteiger partial charge in [0.25, 0.3) is 0 Å². The lowest BCUT2D eigenvalue weighted by atomic mass is 10.2. The Labute approximate surface area is 123 Å². The summed E-state index contributed by atoms with van der Waals surface area (Å²) in [7, 11) is -3.19. The monoisotopic (exact) mass is 301 g/mol. The van der Waals surface area contributed by atoms with Crippen LogP contribution in [0.4, 0.5) is 5.69 Å². The van der Waals surface area contributed by atoms with Gasteiger partial charge in [0.1, 0.15) is 5.82 Å². The maximum atomic E-state index is 11.5. The van der Waals surface area contributed by atoms with Crippen LogP contribution in [0, 0.1) is 6.92 Å². The summed E-state index contributed by atoms with van der Waals surface area (Å²) in [5, 5.41) is 0. The third kappa shape index (κ3) is 2.38. The highest BCUT2D eigenvalue weighted by atomic mass is 32.2. The minimum Gasteiger partial charge on any atom is -0.399 e. The van der Waals surface area contributed by atoms with Gasteiger partial charge in [-0.1, -0.05) is 0 Å². The van der Waals surface area contributed by atoms with Gasteiger partial charge in [0.2, 0.25) is 0 Å². The molecule has 1 aromatic heterocycles. The Bertz CT molecular complexity index is 925. The van der Waals surface area contributed by atoms with Crippen LogP contribution in [-0.2, 0) is 9.84 Å². The Balaban J connectivity index is 2.19. The first kappa shape index (κ1) is 13.6. The molecule has 0 unspecified atom stereocenters. The van der Waals surface area contributed by atoms with Crippen LogP contribution in [-0.4, -0.2) is 24.2 Å². The Hall–Kier alpha value is -2.34. The van der Waals surface area contributed by atoms with Crippen molar-refractivity contribution in [1.82, 2.24) is 9.55 Å². The van der Waals surface area contributed by atoms with Crippen LogP contribution in [0.25, 0.3) is 16.7 Å². The Morgan fingerprint density at radius 3 is 2.38 bits per heavy atom. The van der Waals surface area contributed by atoms with Gasteiger partial charge in [-0.3, -0.25) is 4.57 Å². The van der Waals surface area contributed by atoms with Crippen LogP contribution < -0.4 is 5.73 Å². The Morgan fingerprint density at radius 1 is 1.10 bits per heavy atom. The Kier molecular flexibility index (Phi) is 2.98. The minimum absolute atomic E-state index is 0.303. The standard InChI is InChI=1S/C15H15N3O2S/c1-10-17-14-9-11(16)3-8-15(14)18(10)12-4-6-13(7-5-12)21(2,19)20/h3-9H,16H2,1-2H3. The molecule has 0 fully saturated rings. The number of hydrogen-bond donors (Lipinski definition) is 1. The van der Waals surface area contributed by atoms with Gasteiger partial charge >= 0.3 is 0 Å². The van der Waals surface area contributed by atoms with Gasteiger partial charge in [-0.25, -0.2) is 13.4 Å². The van der Waals surface area contributed by atoms with E-state index in [4.69, 9.17) is 5.73 Å². The lowest BCUT2D eigenvalue weighted by Gasteiger charge is -2.08. The zero-order valence-electron chi connectivity index (χ0n) is 11.7. The molecule has 5 nitrogen and oxygen atoms in total. The molecule has 0 atom stereocenters. The van der Waals surface area contributed by atoms with E-state index in [0.717, 1.165) is 22.5 Å². The van der Waals surface area contributed by atoms with E-state index in [1.54, 1.807) is 24.3 Å². The second-order valence-electron chi connectivity index (χ2n) is 5.01. The van der Waals surface area contributed by atoms with Crippen molar-refractivity contribution < 1.29 is 8.42 Å². The first-order valence-corrected chi connectivity index (χ1v) is 8.30. The van der Waals surface area contributed by atoms with E-state index in [9.17, 15) is 8.42 Å². The fourth-order valence-corrected chi connectivity index (χ4v) is 3.02. The number of nitrogen functional groups attached to an aromatic ring is 1. The number of imidazole rings is 1. The maximum Gasteiger partial charge on any atom is 0.175 e. The van der Waals surface area contributed by atoms with E-state index in [0.29, 0.717) is 10.6 Å². The fraction of sp³-hybridized carbons (Fsp3) is 0.133. The average molecular weight is 301 g/mol. The van der Waals surface area contributed by atoms with Gasteiger partial charge in [0.05, 0.1) is 15.9 Å². The molecule has 6 heteroatoms. The van der Waals surface area contributed by atoms with Gasteiger partial charge in [0.15, 0.2) is 9.84 Å². The van der Waals surface area contributed by atoms with E-state index < -0.39 is 9.84 Å². The largest absolute Gasteiger partial charge is 0.399 e. The molecule has 0 saturated carbocycles. The van der Waals surface area contributed by atoms with Crippen molar-refractivity contribution in [2.45, 2.75) is 11.8 Å². The second-order valence-corrected chi connectivity index (χ2v) is 7.02. The highest BCUT2D eigenvalue weighted by Crippen LogP contribution is 2.23. The highest BCUT2D eigenvalue weighted by molar-refractivity contribution is 7.90. The number of aryl methyl sites for hydroxylation is 1. The first-order valence-electron chi connectivity index (χ1n) is 6.41. The summed E-state index contributed by atoms with van der Waals surface area (Å²) in [6.45, 7) is 1.90. The van der Waals surface area contributed by atoms with Crippen molar-refractivity contribution in [2.75, 3.05) is 12.0 Å². The smallest absolute Gasteiger partial charge is 0.175 e. The van der Waals surface area contributed by atoms with Crippen molar-refractivity contribution in [2.24, 2.45) is 0 Å². The number of benzene rings is 2. The molecule has 0 bridgehead atoms. The van der Waals surface area contributed by atoms with Gasteiger partial charge in [-0.05, 0) is 49.4 Å². The first-order chi connectivity index (χ1) is 9.86. The number of hydrogen-bond acceptors (Lipinski definition) is 4. The molecule has 3 aromatic rings. The third-order valence-corrected chi connectivity index (χ3v) is 4.50. The number of nitrogens with zero attached hydrogens (tertiary/aromatic N) is 2. The SMILES string of the molecule is Cc1nc2cc(N)ccc2n1-c1ccc(S(C)(=O)=O)cc1. The molecule has 3 rings (SSSR count). The number of anilines is 1. The Morgan fingerprint density at radius 2 is 1.76 bits per heavy atom. The number of nitrogens with two attached hydrogens (primary N) is 1. The van der Waals surface area contributed by atoms with Crippen LogP contribution in [0.2, 0.25) is 0 Å². The lowest BCUT2D eigenvalue weighted by molar-refractivity contribution is 0.602. The van der Waals surface area contributed by atoms with Crippen molar-refractivity contribution in [3.8, 4) is 5.69 Å². The van der Waals surface area contributed by atoms with Gasteiger partial charge < -0.3 is 5.73 Å². The van der Waals surface area contributed by atoms with Crippen molar-refractivity contribution >= 4 is 26.6 Å². The second kappa shape index (κ2) is 4.60. The fourth-order valence-electron chi connectivity index (χ4n) is 2.39. The van der Waals surface area contributed by atoms with E-state index in [-0.39, 0.29) is 0 Å². The van der Waals surface area contributed by atoms with E-state index in [1.165, 1.54) is 6.26 Å². The molecule has 2 N–H and O–H groups in total. The van der Waals surface area contributed by atoms with Crippen molar-refractivity contribution in [3.05, 3.63) is 48.3 Å². The summed E-state index contributed by atoms with van der Waals surface area (Å²) in [6, 6.07) is 12.3. The summed E-state index contributed by atoms with van der Waals surface area (Å²) in [4.78, 5) is 4.79. The summed E-state index contributed by atoms with van der Waals surface area (Å²) >= 11 is 0. The molecule has 0 aliphatic heterocycles. The average Bonchev–Trinajstić information content (AvgIpc) is 2.73. The van der Waals surface area contributed by atoms with Crippen LogP contribution >= 0.6 is 0 Å². The molecular weight excluding hydrogens is 286 g/mol. The molecule has 2 aromatic carbocycles. The van der Waals surface area contributed by atoms with E-state index in [2.05, 4.69) is 4.98 Å². The molecule has 21 heavy (non-hydrogen) atoms. The third-order valence-electron chi connectivity index (χ3n) is 3.37. The number of rotatable bonds is 2. The van der Waals surface area contributed by atoms with Gasteiger partial charge in [-0.15, -0.1) is 0 Å². The zero-order chi connectivity index (χ0) is 15.2. The lowest BCUT2D eigenvalue weighted by Crippen LogP contribution is -2.00. The zero-order valence-corrected chi connectivity index (χ0v) is 12.6. The summed E-state index contributed by atoms with van der Waals surface area (Å²) in [5.74, 6) is 0.822. The number of aromatic nitrogens is 2. The highest BCUT2D eigenvalue weighted by Gasteiger charge is 2.11. The molecular formula is C15H15N3O2S. The quantitative estimate of drug-likeness (QED) is 0.737. The van der Waals surface area contributed by atoms with Crippen LogP contribution in [0.15, 0.2) is 47.4 Å². The molecule has 1 heterocycles. The molecule has 0 spiro atoms. The molecule has 0 amide bonds. The van der Waals surface area contributed by atoms with Crippen LogP contribution in [0.5, 0.6) is 0 Å². The number of fused-ring (bicyclic) bond motifs is 1. The van der Waals surface area contributed by atoms with Crippen molar-refractivity contribution in [3.63, 3.8) is 0 Å². The molecule has 108 valence electrons. The van der Waals surface area contributed by atoms with E-state index in [1.807, 2.05) is 29.7 Å². The van der Waals surface area contributed by atoms with E-state index >= 15 is 0 Å². The molecule has 0 aliphatic rings. The predicted molar refractivity (Wildman–Crippen MR) is 83.3 cm³/mol. The minimum atomic E-state index is -3.19. The normalized spacial score (nSPS) is 11.9. The maximum absolute atomic E-state index is 11.5. The topological polar surface area (TPSA) is 78.0 Å². The summed E-state index contributed by atoms with van der Waals surface area (Å²) in [5.41, 5.74) is 9.07. The van der Waals surface area contributed by atoms with Gasteiger partial charge in [-0.2, -0.15) is 0 Å². The molecule has 0 aliphatic carbocycles. The molecule has 0 saturated heterocycles. The van der Waals surface area contributed by atoms with Crippen LogP contribution in [0.3, 0.4) is 0 Å². The molecule has 0 radical (unpaired) electrons. The number of sulfone groups is 1. The van der Waals surface area contributed by atoms with Crippen molar-refractivity contribution in [1.29, 1.82) is 0 Å². The summed E-state index contributed by atoms with van der Waals surface area (Å²) in [6.07, 6.45) is 1.20. The predicted octanol–water partition coefficient (Wildman–Crippen LogP) is 2.32. The van der Waals surface area contributed by atoms with Gasteiger partial charge in [0, 0.05) is 17.6 Å². The van der Waals surface area contributed by atoms with Crippen LogP contribution in [0.1, 0.15) is 5.82 Å². The summed E-state index contributed by atoms with van der Waals surface area (Å²) < 4.78 is 25.0.